The normalized spacial score (nSPS) is 19.1. The van der Waals surface area contributed by atoms with Crippen LogP contribution in [0.5, 0.6) is 0 Å². The fraction of sp³-hybridized carbons (Fsp3) is 0.333. The van der Waals surface area contributed by atoms with Gasteiger partial charge in [0.15, 0.2) is 0 Å². The molecule has 5 aliphatic rings. The van der Waals surface area contributed by atoms with Crippen LogP contribution >= 0.6 is 0 Å². The summed E-state index contributed by atoms with van der Waals surface area (Å²) in [4.78, 5) is 7.31. The summed E-state index contributed by atoms with van der Waals surface area (Å²) in [6, 6.07) is 58.7. The average Bonchev–Trinajstić information content (AvgIpc) is 3.44. The van der Waals surface area contributed by atoms with Gasteiger partial charge in [-0.1, -0.05) is 169 Å². The number of fused-ring (bicyclic) bond motifs is 9. The number of hydrogen-bond acceptors (Lipinski definition) is 3. The molecule has 0 aromatic heterocycles. The summed E-state index contributed by atoms with van der Waals surface area (Å²) in [5.74, 6) is 0. The average molecular weight is 997 g/mol. The van der Waals surface area contributed by atoms with Crippen molar-refractivity contribution < 1.29 is 4.11 Å². The highest BCUT2D eigenvalue weighted by molar-refractivity contribution is 7.00. The second kappa shape index (κ2) is 16.4. The van der Waals surface area contributed by atoms with Gasteiger partial charge in [0.2, 0.25) is 0 Å². The van der Waals surface area contributed by atoms with Crippen LogP contribution in [0.15, 0.2) is 158 Å². The monoisotopic (exact) mass is 997 g/mol. The van der Waals surface area contributed by atoms with Crippen molar-refractivity contribution in [2.75, 3.05) is 14.7 Å². The highest BCUT2D eigenvalue weighted by atomic mass is 15.2. The molecular weight excluding hydrogens is 918 g/mol. The summed E-state index contributed by atoms with van der Waals surface area (Å²) < 4.78 is 28.2. The van der Waals surface area contributed by atoms with Gasteiger partial charge in [0.25, 0.3) is 6.71 Å². The summed E-state index contributed by atoms with van der Waals surface area (Å²) in [6.45, 7) is 28.5. The van der Waals surface area contributed by atoms with Crippen molar-refractivity contribution in [2.24, 2.45) is 0 Å². The van der Waals surface area contributed by atoms with E-state index in [1.807, 2.05) is 12.1 Å². The van der Waals surface area contributed by atoms with Crippen molar-refractivity contribution in [3.63, 3.8) is 0 Å². The Labute approximate surface area is 459 Å². The minimum Gasteiger partial charge on any atom is -0.311 e. The Morgan fingerprint density at radius 2 is 0.987 bits per heavy atom. The Bertz CT molecular complexity index is 3780. The first-order chi connectivity index (χ1) is 37.2. The molecule has 76 heavy (non-hydrogen) atoms. The van der Waals surface area contributed by atoms with E-state index >= 15 is 0 Å². The van der Waals surface area contributed by atoms with Crippen LogP contribution in [0.3, 0.4) is 0 Å². The zero-order chi connectivity index (χ0) is 55.7. The Kier molecular flexibility index (Phi) is 9.79. The second-order valence-electron chi connectivity index (χ2n) is 27.3. The molecule has 2 heterocycles. The fourth-order valence-electron chi connectivity index (χ4n) is 14.7. The predicted molar refractivity (Wildman–Crippen MR) is 327 cm³/mol. The van der Waals surface area contributed by atoms with Crippen molar-refractivity contribution in [2.45, 2.75) is 155 Å². The van der Waals surface area contributed by atoms with E-state index in [-0.39, 0.29) is 39.2 Å². The van der Waals surface area contributed by atoms with Crippen molar-refractivity contribution in [3.05, 3.63) is 202 Å². The third-order valence-corrected chi connectivity index (χ3v) is 19.1. The molecule has 0 unspecified atom stereocenters. The molecule has 4 heteroatoms. The lowest BCUT2D eigenvalue weighted by Gasteiger charge is -2.48. The van der Waals surface area contributed by atoms with Gasteiger partial charge in [0.05, 0.1) is 0 Å². The summed E-state index contributed by atoms with van der Waals surface area (Å²) >= 11 is 0. The number of nitrogens with zero attached hydrogens (tertiary/aromatic N) is 3. The molecule has 0 saturated heterocycles. The first-order valence-corrected chi connectivity index (χ1v) is 28.1. The Balaban J connectivity index is 1.18. The van der Waals surface area contributed by atoms with E-state index in [9.17, 15) is 4.11 Å². The van der Waals surface area contributed by atoms with Crippen LogP contribution in [0.25, 0.3) is 11.1 Å². The molecular formula is C72H76BN3. The van der Waals surface area contributed by atoms with Crippen LogP contribution < -0.4 is 31.1 Å². The maximum Gasteiger partial charge on any atom is 0.252 e. The van der Waals surface area contributed by atoms with E-state index < -0.39 is 6.85 Å². The predicted octanol–water partition coefficient (Wildman–Crippen LogP) is 17.8. The summed E-state index contributed by atoms with van der Waals surface area (Å²) in [5, 5.41) is 0. The SMILES string of the molecule is [2H]C([2H])([2H])c1cc2c3c(c1)N(c1ccc4c(c1)C(C)(C)CCC4(C)C)c1cc4c(cc1B3c1ccc(N(c3ccccc3)c3ccccc3)cc1N2c1cc2c(c(C(C)(C)C)c1)C(C)(C)c1ccccc1-2)C(C)(C)CCC4(C)C. The topological polar surface area (TPSA) is 9.72 Å². The standard InChI is InChI=1S/C72H76BN3/c1-45-37-63-66-64(38-45)76(50-39-52-51-27-21-22-28-53(51)72(13,14)65(52)58(41-50)67(2,3)4)61-42-49(74(46-23-17-15-18-24-46)47-25-19-16-20-26-47)30-32-59(61)73(66)60-43-56-57(71(11,12)36-35-70(56,9)10)44-62(60)75(63)48-29-31-54-55(40-48)69(7,8)34-33-68(54,5)6/h15-32,37-44H,33-36H2,1-14H3/i1D3. The van der Waals surface area contributed by atoms with Gasteiger partial charge in [0.1, 0.15) is 0 Å². The van der Waals surface area contributed by atoms with E-state index in [0.29, 0.717) is 5.56 Å². The molecule has 8 aromatic rings. The first-order valence-electron chi connectivity index (χ1n) is 29.6. The Hall–Kier alpha value is -6.78. The van der Waals surface area contributed by atoms with Gasteiger partial charge in [-0.3, -0.25) is 0 Å². The number of hydrogen-bond donors (Lipinski definition) is 0. The molecule has 0 spiro atoms. The molecule has 0 bridgehead atoms. The molecule has 0 amide bonds. The van der Waals surface area contributed by atoms with Crippen molar-refractivity contribution in [1.82, 2.24) is 0 Å². The number of para-hydroxylation sites is 2. The number of rotatable bonds is 5. The largest absolute Gasteiger partial charge is 0.311 e. The smallest absolute Gasteiger partial charge is 0.252 e. The van der Waals surface area contributed by atoms with Crippen LogP contribution in [0.1, 0.15) is 164 Å². The van der Waals surface area contributed by atoms with Crippen molar-refractivity contribution in [3.8, 4) is 11.1 Å². The van der Waals surface area contributed by atoms with Crippen LogP contribution in [-0.2, 0) is 32.5 Å². The zero-order valence-corrected chi connectivity index (χ0v) is 47.3. The zero-order valence-electron chi connectivity index (χ0n) is 50.3. The number of anilines is 9. The van der Waals surface area contributed by atoms with E-state index in [4.69, 9.17) is 0 Å². The highest BCUT2D eigenvalue weighted by Crippen LogP contribution is 2.57. The molecule has 0 atom stereocenters. The minimum atomic E-state index is -2.42. The molecule has 3 aliphatic carbocycles. The fourth-order valence-corrected chi connectivity index (χ4v) is 14.7. The van der Waals surface area contributed by atoms with E-state index in [0.717, 1.165) is 82.3 Å². The summed E-state index contributed by atoms with van der Waals surface area (Å²) in [7, 11) is 0. The van der Waals surface area contributed by atoms with Gasteiger partial charge >= 0.3 is 0 Å². The van der Waals surface area contributed by atoms with Gasteiger partial charge in [-0.25, -0.2) is 0 Å². The molecule has 382 valence electrons. The molecule has 0 fully saturated rings. The molecule has 3 nitrogen and oxygen atoms in total. The number of benzene rings is 8. The van der Waals surface area contributed by atoms with Crippen molar-refractivity contribution in [1.29, 1.82) is 0 Å². The van der Waals surface area contributed by atoms with Crippen LogP contribution in [0, 0.1) is 6.85 Å². The van der Waals surface area contributed by atoms with E-state index in [1.54, 1.807) is 0 Å². The van der Waals surface area contributed by atoms with Crippen LogP contribution in [0.2, 0.25) is 0 Å². The molecule has 8 aromatic carbocycles. The third kappa shape index (κ3) is 7.21. The maximum absolute atomic E-state index is 9.41. The van der Waals surface area contributed by atoms with Gasteiger partial charge in [0, 0.05) is 60.7 Å². The van der Waals surface area contributed by atoms with E-state index in [2.05, 4.69) is 250 Å². The molecule has 13 rings (SSSR count). The lowest BCUT2D eigenvalue weighted by molar-refractivity contribution is 0.332. The lowest BCUT2D eigenvalue weighted by atomic mass is 9.33. The van der Waals surface area contributed by atoms with Gasteiger partial charge < -0.3 is 14.7 Å². The van der Waals surface area contributed by atoms with Crippen LogP contribution in [-0.4, -0.2) is 6.71 Å². The minimum absolute atomic E-state index is 0.0282. The Morgan fingerprint density at radius 1 is 0.447 bits per heavy atom. The van der Waals surface area contributed by atoms with Crippen LogP contribution in [0.4, 0.5) is 51.2 Å². The maximum atomic E-state index is 9.41. The first kappa shape index (κ1) is 45.4. The number of aryl methyl sites for hydroxylation is 1. The van der Waals surface area contributed by atoms with E-state index in [1.165, 1.54) is 61.0 Å². The third-order valence-electron chi connectivity index (χ3n) is 19.1. The molecule has 0 N–H and O–H groups in total. The molecule has 0 radical (unpaired) electrons. The summed E-state index contributed by atoms with van der Waals surface area (Å²) in [5.41, 5.74) is 24.6. The van der Waals surface area contributed by atoms with Gasteiger partial charge in [-0.05, 0) is 210 Å². The summed E-state index contributed by atoms with van der Waals surface area (Å²) in [6.07, 6.45) is 4.39. The van der Waals surface area contributed by atoms with Gasteiger partial charge in [-0.2, -0.15) is 0 Å². The van der Waals surface area contributed by atoms with Gasteiger partial charge in [-0.15, -0.1) is 0 Å². The quantitative estimate of drug-likeness (QED) is 0.159. The Morgan fingerprint density at radius 3 is 1.59 bits per heavy atom. The molecule has 0 saturated carbocycles. The second-order valence-corrected chi connectivity index (χ2v) is 27.3. The molecule has 2 aliphatic heterocycles. The van der Waals surface area contributed by atoms with Crippen molar-refractivity contribution >= 4 is 74.3 Å². The lowest BCUT2D eigenvalue weighted by Crippen LogP contribution is -2.62. The highest BCUT2D eigenvalue weighted by Gasteiger charge is 2.48.